The molecule has 1 saturated heterocycles. The van der Waals surface area contributed by atoms with Gasteiger partial charge in [0.25, 0.3) is 0 Å². The summed E-state index contributed by atoms with van der Waals surface area (Å²) < 4.78 is 5.32. The van der Waals surface area contributed by atoms with Crippen LogP contribution in [0.25, 0.3) is 0 Å². The third kappa shape index (κ3) is 2.34. The highest BCUT2D eigenvalue weighted by atomic mass is 16.5. The summed E-state index contributed by atoms with van der Waals surface area (Å²) in [7, 11) is 1.79. The lowest BCUT2D eigenvalue weighted by Crippen LogP contribution is -2.23. The van der Waals surface area contributed by atoms with Crippen LogP contribution in [0.15, 0.2) is 30.3 Å². The molecule has 2 rings (SSSR count). The molecule has 1 aromatic carbocycles. The van der Waals surface area contributed by atoms with Gasteiger partial charge in [-0.05, 0) is 18.4 Å². The molecule has 0 aromatic heterocycles. The van der Waals surface area contributed by atoms with Crippen LogP contribution < -0.4 is 5.32 Å². The van der Waals surface area contributed by atoms with Gasteiger partial charge in [-0.1, -0.05) is 30.3 Å². The molecule has 1 aromatic rings. The van der Waals surface area contributed by atoms with Crippen LogP contribution in [0.3, 0.4) is 0 Å². The maximum absolute atomic E-state index is 5.32. The van der Waals surface area contributed by atoms with Gasteiger partial charge in [0.2, 0.25) is 0 Å². The molecule has 76 valence electrons. The Morgan fingerprint density at radius 3 is 2.79 bits per heavy atom. The van der Waals surface area contributed by atoms with Gasteiger partial charge in [0.1, 0.15) is 0 Å². The van der Waals surface area contributed by atoms with E-state index in [1.807, 2.05) is 0 Å². The molecule has 0 spiro atoms. The molecule has 2 atom stereocenters. The number of nitrogens with one attached hydrogen (secondary N) is 1. The molecule has 1 heterocycles. The lowest BCUT2D eigenvalue weighted by atomic mass is 10.0. The molecule has 0 aliphatic carbocycles. The quantitative estimate of drug-likeness (QED) is 0.783. The first-order valence-electron chi connectivity index (χ1n) is 5.18. The van der Waals surface area contributed by atoms with E-state index in [-0.39, 0.29) is 0 Å². The summed E-state index contributed by atoms with van der Waals surface area (Å²) >= 11 is 0. The Morgan fingerprint density at radius 2 is 2.14 bits per heavy atom. The van der Waals surface area contributed by atoms with E-state index in [0.29, 0.717) is 12.1 Å². The average molecular weight is 191 g/mol. The number of rotatable bonds is 3. The van der Waals surface area contributed by atoms with E-state index in [4.69, 9.17) is 4.74 Å². The van der Waals surface area contributed by atoms with Crippen LogP contribution in [0.2, 0.25) is 0 Å². The van der Waals surface area contributed by atoms with Gasteiger partial charge in [0, 0.05) is 19.7 Å². The third-order valence-electron chi connectivity index (χ3n) is 2.84. The van der Waals surface area contributed by atoms with E-state index in [1.54, 1.807) is 7.11 Å². The zero-order valence-electron chi connectivity index (χ0n) is 8.57. The summed E-state index contributed by atoms with van der Waals surface area (Å²) in [5.74, 6) is 0. The van der Waals surface area contributed by atoms with Gasteiger partial charge in [-0.3, -0.25) is 0 Å². The largest absolute Gasteiger partial charge is 0.380 e. The average Bonchev–Trinajstić information content (AvgIpc) is 2.67. The zero-order chi connectivity index (χ0) is 9.80. The third-order valence-corrected chi connectivity index (χ3v) is 2.84. The summed E-state index contributed by atoms with van der Waals surface area (Å²) in [5, 5.41) is 3.48. The van der Waals surface area contributed by atoms with Crippen molar-refractivity contribution in [3.8, 4) is 0 Å². The van der Waals surface area contributed by atoms with E-state index in [9.17, 15) is 0 Å². The maximum atomic E-state index is 5.32. The van der Waals surface area contributed by atoms with Crippen molar-refractivity contribution in [2.45, 2.75) is 25.0 Å². The normalized spacial score (nSPS) is 26.6. The van der Waals surface area contributed by atoms with Crippen LogP contribution in [-0.4, -0.2) is 25.8 Å². The van der Waals surface area contributed by atoms with Gasteiger partial charge in [-0.2, -0.15) is 0 Å². The van der Waals surface area contributed by atoms with E-state index in [1.165, 1.54) is 5.56 Å². The lowest BCUT2D eigenvalue weighted by Gasteiger charge is -2.09. The van der Waals surface area contributed by atoms with Crippen molar-refractivity contribution < 1.29 is 4.74 Å². The first kappa shape index (κ1) is 9.69. The number of ether oxygens (including phenoxy) is 1. The molecule has 0 radical (unpaired) electrons. The molecule has 1 N–H and O–H groups in total. The topological polar surface area (TPSA) is 21.3 Å². The van der Waals surface area contributed by atoms with E-state index >= 15 is 0 Å². The highest BCUT2D eigenvalue weighted by Gasteiger charge is 2.23. The number of benzene rings is 1. The van der Waals surface area contributed by atoms with Crippen LogP contribution in [-0.2, 0) is 11.2 Å². The molecular formula is C12H17NO. The molecular weight excluding hydrogens is 174 g/mol. The van der Waals surface area contributed by atoms with Crippen LogP contribution in [0.5, 0.6) is 0 Å². The monoisotopic (exact) mass is 191 g/mol. The van der Waals surface area contributed by atoms with Gasteiger partial charge in [0.15, 0.2) is 0 Å². The fourth-order valence-electron chi connectivity index (χ4n) is 2.02. The minimum atomic E-state index is 0.406. The van der Waals surface area contributed by atoms with Crippen molar-refractivity contribution in [1.82, 2.24) is 5.32 Å². The Balaban J connectivity index is 1.88. The SMILES string of the molecule is CO[C@@H]1CNC(Cc2ccccc2)C1. The highest BCUT2D eigenvalue weighted by Crippen LogP contribution is 2.14. The second-order valence-electron chi connectivity index (χ2n) is 3.89. The molecule has 14 heavy (non-hydrogen) atoms. The lowest BCUT2D eigenvalue weighted by molar-refractivity contribution is 0.117. The molecule has 0 saturated carbocycles. The Morgan fingerprint density at radius 1 is 1.36 bits per heavy atom. The van der Waals surface area contributed by atoms with Crippen molar-refractivity contribution in [3.63, 3.8) is 0 Å². The molecule has 1 aliphatic heterocycles. The van der Waals surface area contributed by atoms with Crippen molar-refractivity contribution in [1.29, 1.82) is 0 Å². The first-order valence-corrected chi connectivity index (χ1v) is 5.18. The molecule has 1 unspecified atom stereocenters. The molecule has 0 amide bonds. The summed E-state index contributed by atoms with van der Waals surface area (Å²) in [4.78, 5) is 0. The zero-order valence-corrected chi connectivity index (χ0v) is 8.57. The van der Waals surface area contributed by atoms with Gasteiger partial charge in [0.05, 0.1) is 6.10 Å². The summed E-state index contributed by atoms with van der Waals surface area (Å²) in [6.45, 7) is 0.994. The minimum absolute atomic E-state index is 0.406. The minimum Gasteiger partial charge on any atom is -0.380 e. The van der Waals surface area contributed by atoms with Crippen LogP contribution in [0.4, 0.5) is 0 Å². The van der Waals surface area contributed by atoms with Crippen molar-refractivity contribution in [3.05, 3.63) is 35.9 Å². The van der Waals surface area contributed by atoms with Crippen molar-refractivity contribution in [2.75, 3.05) is 13.7 Å². The maximum Gasteiger partial charge on any atom is 0.0710 e. The fourth-order valence-corrected chi connectivity index (χ4v) is 2.02. The summed E-state index contributed by atoms with van der Waals surface area (Å²) in [6, 6.07) is 11.2. The van der Waals surface area contributed by atoms with Gasteiger partial charge in [-0.15, -0.1) is 0 Å². The second-order valence-corrected chi connectivity index (χ2v) is 3.89. The van der Waals surface area contributed by atoms with Gasteiger partial charge >= 0.3 is 0 Å². The Kier molecular flexibility index (Phi) is 3.17. The number of methoxy groups -OCH3 is 1. The highest BCUT2D eigenvalue weighted by molar-refractivity contribution is 5.16. The fraction of sp³-hybridized carbons (Fsp3) is 0.500. The number of hydrogen-bond donors (Lipinski definition) is 1. The predicted octanol–water partition coefficient (Wildman–Crippen LogP) is 1.61. The van der Waals surface area contributed by atoms with Gasteiger partial charge < -0.3 is 10.1 Å². The van der Waals surface area contributed by atoms with Crippen LogP contribution >= 0.6 is 0 Å². The van der Waals surface area contributed by atoms with Gasteiger partial charge in [-0.25, -0.2) is 0 Å². The Labute approximate surface area is 85.3 Å². The van der Waals surface area contributed by atoms with Crippen LogP contribution in [0.1, 0.15) is 12.0 Å². The van der Waals surface area contributed by atoms with E-state index in [2.05, 4.69) is 35.6 Å². The standard InChI is InChI=1S/C12H17NO/c1-14-12-8-11(13-9-12)7-10-5-3-2-4-6-10/h2-6,11-13H,7-9H2,1H3/t11?,12-/m0/s1. The van der Waals surface area contributed by atoms with Crippen LogP contribution in [0, 0.1) is 0 Å². The molecule has 0 bridgehead atoms. The van der Waals surface area contributed by atoms with E-state index < -0.39 is 0 Å². The first-order chi connectivity index (χ1) is 6.88. The number of hydrogen-bond acceptors (Lipinski definition) is 2. The predicted molar refractivity (Wildman–Crippen MR) is 57.4 cm³/mol. The summed E-state index contributed by atoms with van der Waals surface area (Å²) in [6.07, 6.45) is 2.65. The molecule has 2 nitrogen and oxygen atoms in total. The van der Waals surface area contributed by atoms with Crippen molar-refractivity contribution in [2.24, 2.45) is 0 Å². The molecule has 1 aliphatic rings. The molecule has 2 heteroatoms. The second kappa shape index (κ2) is 4.58. The smallest absolute Gasteiger partial charge is 0.0710 e. The summed E-state index contributed by atoms with van der Waals surface area (Å²) in [5.41, 5.74) is 1.40. The Bertz CT molecular complexity index is 273. The molecule has 1 fully saturated rings. The Hall–Kier alpha value is -0.860. The van der Waals surface area contributed by atoms with E-state index in [0.717, 1.165) is 19.4 Å². The van der Waals surface area contributed by atoms with Crippen molar-refractivity contribution >= 4 is 0 Å².